The molecule has 0 aliphatic carbocycles. The number of hydrogen-bond acceptors (Lipinski definition) is 14. The standard InChI is InChI=1S/C58H108O14/c1-3-5-7-9-11-13-15-17-19-20-21-22-23-24-25-26-27-28-30-32-34-36-38-40-42-67-44-47(70-50(60)41-39-37-35-33-31-29-18-16-14-12-10-8-6-4-2)45-68-57-56(66)54(64)52(62)49(72-57)46-69-58-55(65)53(63)51(61)48(43-59)71-58/h16,18,20-21,47-49,51-59,61-66H,3-15,17,19,22-46H2,1-2H3/b18-16-,21-20-. The topological polar surface area (TPSA) is 214 Å². The van der Waals surface area contributed by atoms with E-state index in [9.17, 15) is 40.5 Å². The second-order valence-electron chi connectivity index (χ2n) is 20.8. The largest absolute Gasteiger partial charge is 0.457 e. The number of ether oxygens (including phenoxy) is 6. The summed E-state index contributed by atoms with van der Waals surface area (Å²) in [6.45, 7) is 3.70. The predicted molar refractivity (Wildman–Crippen MR) is 284 cm³/mol. The second kappa shape index (κ2) is 45.6. The van der Waals surface area contributed by atoms with Gasteiger partial charge in [-0.05, 0) is 64.2 Å². The molecule has 2 rings (SSSR count). The number of aliphatic hydroxyl groups is 7. The number of carbonyl (C=O) groups excluding carboxylic acids is 1. The fourth-order valence-corrected chi connectivity index (χ4v) is 9.39. The zero-order valence-electron chi connectivity index (χ0n) is 45.4. The van der Waals surface area contributed by atoms with Gasteiger partial charge in [-0.2, -0.15) is 0 Å². The number of allylic oxidation sites excluding steroid dienone is 4. The Hall–Kier alpha value is -1.53. The maximum atomic E-state index is 13.0. The molecule has 0 spiro atoms. The maximum absolute atomic E-state index is 13.0. The van der Waals surface area contributed by atoms with E-state index >= 15 is 0 Å². The van der Waals surface area contributed by atoms with Crippen molar-refractivity contribution in [2.24, 2.45) is 0 Å². The molecule has 2 heterocycles. The lowest BCUT2D eigenvalue weighted by Crippen LogP contribution is -2.61. The Morgan fingerprint density at radius 1 is 0.444 bits per heavy atom. The highest BCUT2D eigenvalue weighted by Crippen LogP contribution is 2.27. The molecule has 0 aromatic heterocycles. The summed E-state index contributed by atoms with van der Waals surface area (Å²) < 4.78 is 34.4. The van der Waals surface area contributed by atoms with Crippen LogP contribution in [0.15, 0.2) is 24.3 Å². The van der Waals surface area contributed by atoms with Gasteiger partial charge in [0.2, 0.25) is 0 Å². The van der Waals surface area contributed by atoms with Crippen LogP contribution in [-0.2, 0) is 33.2 Å². The summed E-state index contributed by atoms with van der Waals surface area (Å²) >= 11 is 0. The van der Waals surface area contributed by atoms with Crippen molar-refractivity contribution in [1.29, 1.82) is 0 Å². The van der Waals surface area contributed by atoms with Crippen LogP contribution in [0.5, 0.6) is 0 Å². The van der Waals surface area contributed by atoms with E-state index in [0.29, 0.717) is 13.0 Å². The van der Waals surface area contributed by atoms with Crippen molar-refractivity contribution < 1.29 is 69.0 Å². The van der Waals surface area contributed by atoms with Crippen LogP contribution in [0.25, 0.3) is 0 Å². The van der Waals surface area contributed by atoms with Gasteiger partial charge >= 0.3 is 5.97 Å². The summed E-state index contributed by atoms with van der Waals surface area (Å²) in [5.41, 5.74) is 0. The first-order valence-electron chi connectivity index (χ1n) is 29.4. The van der Waals surface area contributed by atoms with Gasteiger partial charge in [-0.25, -0.2) is 0 Å². The molecule has 11 atom stereocenters. The molecular formula is C58H108O14. The minimum atomic E-state index is -1.71. The van der Waals surface area contributed by atoms with E-state index in [-0.39, 0.29) is 25.6 Å². The smallest absolute Gasteiger partial charge is 0.306 e. The zero-order chi connectivity index (χ0) is 52.3. The molecule has 0 saturated carbocycles. The van der Waals surface area contributed by atoms with Crippen molar-refractivity contribution in [2.75, 3.05) is 33.0 Å². The summed E-state index contributed by atoms with van der Waals surface area (Å²) in [4.78, 5) is 13.0. The average Bonchev–Trinajstić information content (AvgIpc) is 3.38. The van der Waals surface area contributed by atoms with E-state index in [0.717, 1.165) is 57.8 Å². The number of carbonyl (C=O) groups is 1. The van der Waals surface area contributed by atoms with E-state index in [2.05, 4.69) is 38.2 Å². The lowest BCUT2D eigenvalue weighted by Gasteiger charge is -2.42. The summed E-state index contributed by atoms with van der Waals surface area (Å²) in [5, 5.41) is 72.3. The minimum absolute atomic E-state index is 0.0612. The van der Waals surface area contributed by atoms with Crippen LogP contribution in [-0.4, -0.2) is 142 Å². The van der Waals surface area contributed by atoms with Crippen LogP contribution in [0.1, 0.15) is 239 Å². The molecule has 0 bridgehead atoms. The van der Waals surface area contributed by atoms with Gasteiger partial charge in [-0.15, -0.1) is 0 Å². The predicted octanol–water partition coefficient (Wildman–Crippen LogP) is 10.4. The van der Waals surface area contributed by atoms with E-state index in [1.54, 1.807) is 0 Å². The van der Waals surface area contributed by atoms with Crippen molar-refractivity contribution in [3.8, 4) is 0 Å². The van der Waals surface area contributed by atoms with Gasteiger partial charge in [0.25, 0.3) is 0 Å². The molecule has 72 heavy (non-hydrogen) atoms. The van der Waals surface area contributed by atoms with Crippen LogP contribution >= 0.6 is 0 Å². The molecule has 14 nitrogen and oxygen atoms in total. The molecule has 2 aliphatic heterocycles. The summed E-state index contributed by atoms with van der Waals surface area (Å²) in [6.07, 6.45) is 35.3. The van der Waals surface area contributed by atoms with E-state index in [1.807, 2.05) is 0 Å². The fourth-order valence-electron chi connectivity index (χ4n) is 9.39. The highest BCUT2D eigenvalue weighted by Gasteiger charge is 2.47. The number of rotatable bonds is 48. The maximum Gasteiger partial charge on any atom is 0.306 e. The molecule has 2 fully saturated rings. The molecule has 7 N–H and O–H groups in total. The Labute approximate surface area is 437 Å². The Kier molecular flexibility index (Phi) is 42.2. The van der Waals surface area contributed by atoms with E-state index in [1.165, 1.54) is 154 Å². The third kappa shape index (κ3) is 32.1. The van der Waals surface area contributed by atoms with Gasteiger partial charge in [0.15, 0.2) is 12.6 Å². The van der Waals surface area contributed by atoms with Crippen molar-refractivity contribution in [2.45, 2.75) is 306 Å². The first-order valence-corrected chi connectivity index (χ1v) is 29.4. The highest BCUT2D eigenvalue weighted by molar-refractivity contribution is 5.69. The first kappa shape index (κ1) is 66.6. The normalized spacial score (nSPS) is 25.2. The summed E-state index contributed by atoms with van der Waals surface area (Å²) in [7, 11) is 0. The molecule has 0 aromatic carbocycles. The van der Waals surface area contributed by atoms with Crippen molar-refractivity contribution in [3.05, 3.63) is 24.3 Å². The second-order valence-corrected chi connectivity index (χ2v) is 20.8. The molecule has 0 amide bonds. The number of hydrogen-bond donors (Lipinski definition) is 7. The monoisotopic (exact) mass is 1030 g/mol. The van der Waals surface area contributed by atoms with E-state index < -0.39 is 80.7 Å². The van der Waals surface area contributed by atoms with Crippen LogP contribution < -0.4 is 0 Å². The van der Waals surface area contributed by atoms with Crippen LogP contribution in [0.4, 0.5) is 0 Å². The molecule has 2 aliphatic rings. The molecule has 0 aromatic rings. The number of aliphatic hydroxyl groups excluding tert-OH is 7. The Bertz CT molecular complexity index is 1290. The van der Waals surface area contributed by atoms with Crippen LogP contribution in [0.3, 0.4) is 0 Å². The molecule has 0 radical (unpaired) electrons. The Balaban J connectivity index is 1.68. The molecule has 424 valence electrons. The SMILES string of the molecule is CCCCCCC/C=C\CCCCCCCC(=O)OC(COCCCCCCCCCCCCCC/C=C\CCCCCCCCCC)COC1OC(COC2OC(CO)C(O)C(O)C2O)C(O)C(O)C1O. The number of esters is 1. The van der Waals surface area contributed by atoms with Gasteiger partial charge in [0.1, 0.15) is 54.9 Å². The van der Waals surface area contributed by atoms with Gasteiger partial charge in [-0.3, -0.25) is 4.79 Å². The molecular weight excluding hydrogens is 921 g/mol. The number of unbranched alkanes of at least 4 members (excludes halogenated alkanes) is 30. The average molecular weight is 1030 g/mol. The van der Waals surface area contributed by atoms with Gasteiger partial charge in [-0.1, -0.05) is 192 Å². The van der Waals surface area contributed by atoms with Crippen molar-refractivity contribution in [1.82, 2.24) is 0 Å². The summed E-state index contributed by atoms with van der Waals surface area (Å²) in [6, 6.07) is 0. The lowest BCUT2D eigenvalue weighted by molar-refractivity contribution is -0.332. The third-order valence-electron chi connectivity index (χ3n) is 14.2. The minimum Gasteiger partial charge on any atom is -0.457 e. The summed E-state index contributed by atoms with van der Waals surface area (Å²) in [5.74, 6) is -0.382. The van der Waals surface area contributed by atoms with Gasteiger partial charge < -0.3 is 64.2 Å². The van der Waals surface area contributed by atoms with Crippen molar-refractivity contribution in [3.63, 3.8) is 0 Å². The highest BCUT2D eigenvalue weighted by atomic mass is 16.7. The molecule has 11 unspecified atom stereocenters. The Morgan fingerprint density at radius 3 is 1.26 bits per heavy atom. The third-order valence-corrected chi connectivity index (χ3v) is 14.2. The van der Waals surface area contributed by atoms with Gasteiger partial charge in [0.05, 0.1) is 26.4 Å². The quantitative estimate of drug-likeness (QED) is 0.0172. The Morgan fingerprint density at radius 2 is 0.819 bits per heavy atom. The van der Waals surface area contributed by atoms with Gasteiger partial charge in [0, 0.05) is 13.0 Å². The zero-order valence-corrected chi connectivity index (χ0v) is 45.4. The van der Waals surface area contributed by atoms with Crippen LogP contribution in [0, 0.1) is 0 Å². The lowest BCUT2D eigenvalue weighted by atomic mass is 9.98. The fraction of sp³-hybridized carbons (Fsp3) is 0.914. The van der Waals surface area contributed by atoms with Crippen LogP contribution in [0.2, 0.25) is 0 Å². The van der Waals surface area contributed by atoms with E-state index in [4.69, 9.17) is 28.4 Å². The molecule has 2 saturated heterocycles. The first-order chi connectivity index (χ1) is 35.1. The van der Waals surface area contributed by atoms with Crippen molar-refractivity contribution >= 4 is 5.97 Å². The molecule has 14 heteroatoms.